The summed E-state index contributed by atoms with van der Waals surface area (Å²) in [6.07, 6.45) is 8.95. The van der Waals surface area contributed by atoms with Gasteiger partial charge in [0.15, 0.2) is 0 Å². The molecular weight excluding hydrogens is 679 g/mol. The summed E-state index contributed by atoms with van der Waals surface area (Å²) in [5.74, 6) is 0. The summed E-state index contributed by atoms with van der Waals surface area (Å²) in [5, 5.41) is 12.0. The Morgan fingerprint density at radius 2 is 1.02 bits per heavy atom. The molecular formula is C36H32Cl2N4SiZr. The van der Waals surface area contributed by atoms with Crippen LogP contribution in [0.2, 0.25) is 13.1 Å². The maximum absolute atomic E-state index is 4.84. The number of hydrogen-bond donors (Lipinski definition) is 0. The fourth-order valence-corrected chi connectivity index (χ4v) is 28.1. The molecule has 2 aromatic heterocycles. The zero-order chi connectivity index (χ0) is 28.5. The summed E-state index contributed by atoms with van der Waals surface area (Å²) in [6, 6.07) is 30.9. The number of aromatic nitrogens is 4. The van der Waals surface area contributed by atoms with Gasteiger partial charge in [0.2, 0.25) is 0 Å². The molecule has 0 aliphatic heterocycles. The van der Waals surface area contributed by atoms with E-state index in [9.17, 15) is 0 Å². The van der Waals surface area contributed by atoms with Crippen molar-refractivity contribution in [2.45, 2.75) is 34.2 Å². The van der Waals surface area contributed by atoms with Gasteiger partial charge in [-0.15, -0.1) is 0 Å². The first kappa shape index (κ1) is 31.0. The molecule has 0 saturated heterocycles. The van der Waals surface area contributed by atoms with Crippen molar-refractivity contribution in [1.29, 1.82) is 0 Å². The van der Waals surface area contributed by atoms with E-state index in [0.717, 1.165) is 11.0 Å². The molecule has 0 N–H and O–H groups in total. The molecule has 2 aliphatic carbocycles. The number of para-hydroxylation sites is 2. The standard InChI is InChI=1S/2C17H13N2.C2H6Si.2ClH.Zr/c2*1-12-9-13-6-4-8-17(15(13)10-12)19-16-7-3-2-5-14(16)11-18-19;1-3-2;;;/h2*2-11H,1H3;1-2H3;2*1H;/q;;;;;+2/p-2. The predicted molar refractivity (Wildman–Crippen MR) is 172 cm³/mol. The molecule has 0 unspecified atom stereocenters. The molecule has 8 heteroatoms. The van der Waals surface area contributed by atoms with Gasteiger partial charge in [-0.1, -0.05) is 0 Å². The molecule has 8 rings (SSSR count). The minimum Gasteiger partial charge on any atom is -1.00 e. The third kappa shape index (κ3) is 4.73. The van der Waals surface area contributed by atoms with Gasteiger partial charge in [-0.05, 0) is 0 Å². The third-order valence-electron chi connectivity index (χ3n) is 9.12. The van der Waals surface area contributed by atoms with Crippen LogP contribution in [-0.2, 0) is 20.4 Å². The Labute approximate surface area is 278 Å². The molecule has 0 bridgehead atoms. The van der Waals surface area contributed by atoms with Crippen LogP contribution in [0.4, 0.5) is 0 Å². The Hall–Kier alpha value is -3.02. The van der Waals surface area contributed by atoms with Crippen molar-refractivity contribution in [2.75, 3.05) is 0 Å². The molecule has 4 nitrogen and oxygen atoms in total. The van der Waals surface area contributed by atoms with Crippen LogP contribution >= 0.6 is 0 Å². The van der Waals surface area contributed by atoms with E-state index >= 15 is 0 Å². The Balaban J connectivity index is 0.00000171. The molecule has 0 spiro atoms. The number of fused-ring (bicyclic) bond motifs is 4. The Kier molecular flexibility index (Phi) is 8.49. The predicted octanol–water partition coefficient (Wildman–Crippen LogP) is 2.86. The third-order valence-corrected chi connectivity index (χ3v) is 29.0. The molecule has 4 aromatic carbocycles. The second kappa shape index (κ2) is 12.1. The van der Waals surface area contributed by atoms with Crippen molar-refractivity contribution in [3.8, 4) is 11.4 Å². The molecule has 0 amide bonds. The van der Waals surface area contributed by atoms with E-state index in [1.807, 2.05) is 12.4 Å². The zero-order valence-corrected chi connectivity index (χ0v) is 30.1. The van der Waals surface area contributed by atoms with Gasteiger partial charge in [-0.2, -0.15) is 0 Å². The van der Waals surface area contributed by atoms with Crippen molar-refractivity contribution >= 4 is 39.4 Å². The van der Waals surface area contributed by atoms with Crippen molar-refractivity contribution < 1.29 is 45.2 Å². The van der Waals surface area contributed by atoms with E-state index in [1.54, 1.807) is 11.1 Å². The number of allylic oxidation sites excluding steroid dienone is 2. The molecule has 218 valence electrons. The summed E-state index contributed by atoms with van der Waals surface area (Å²) < 4.78 is 5.43. The molecule has 0 fully saturated rings. The number of rotatable bonds is 4. The minimum atomic E-state index is -2.19. The van der Waals surface area contributed by atoms with E-state index in [2.05, 4.69) is 133 Å². The van der Waals surface area contributed by atoms with Crippen LogP contribution in [0.5, 0.6) is 0 Å². The first-order valence-electron chi connectivity index (χ1n) is 14.7. The number of hydrogen-bond acceptors (Lipinski definition) is 2. The van der Waals surface area contributed by atoms with E-state index in [4.69, 9.17) is 10.2 Å². The molecule has 0 saturated carbocycles. The molecule has 2 heterocycles. The summed E-state index contributed by atoms with van der Waals surface area (Å²) in [4.78, 5) is 0. The molecule has 2 aliphatic rings. The van der Waals surface area contributed by atoms with Crippen molar-refractivity contribution in [3.05, 3.63) is 131 Å². The van der Waals surface area contributed by atoms with Gasteiger partial charge >= 0.3 is 256 Å². The topological polar surface area (TPSA) is 35.6 Å². The van der Waals surface area contributed by atoms with E-state index < -0.39 is 25.8 Å². The van der Waals surface area contributed by atoms with E-state index in [0.29, 0.717) is 7.25 Å². The molecule has 6 aromatic rings. The molecule has 44 heavy (non-hydrogen) atoms. The van der Waals surface area contributed by atoms with Gasteiger partial charge < -0.3 is 24.8 Å². The Bertz CT molecular complexity index is 2020. The van der Waals surface area contributed by atoms with Crippen LogP contribution in [0.15, 0.2) is 108 Å². The number of nitrogens with zero attached hydrogens (tertiary/aromatic N) is 4. The van der Waals surface area contributed by atoms with Crippen molar-refractivity contribution in [3.63, 3.8) is 0 Å². The van der Waals surface area contributed by atoms with Crippen LogP contribution in [-0.4, -0.2) is 25.0 Å². The van der Waals surface area contributed by atoms with Gasteiger partial charge in [0.25, 0.3) is 0 Å². The Morgan fingerprint density at radius 1 is 0.591 bits per heavy atom. The number of benzene rings is 4. The summed E-state index contributed by atoms with van der Waals surface area (Å²) in [7, 11) is 0. The van der Waals surface area contributed by atoms with Gasteiger partial charge in [-0.25, -0.2) is 0 Å². The van der Waals surface area contributed by atoms with Gasteiger partial charge in [0.05, 0.1) is 0 Å². The van der Waals surface area contributed by atoms with Crippen LogP contribution in [0.25, 0.3) is 45.3 Å². The second-order valence-corrected chi connectivity index (χ2v) is 29.8. The summed E-state index contributed by atoms with van der Waals surface area (Å²) in [5.41, 5.74) is 13.1. The number of halogens is 2. The van der Waals surface area contributed by atoms with E-state index in [1.165, 1.54) is 44.4 Å². The summed E-state index contributed by atoms with van der Waals surface area (Å²) >= 11 is -2.19. The average molecular weight is 711 g/mol. The van der Waals surface area contributed by atoms with Crippen LogP contribution < -0.4 is 24.8 Å². The SMILES string of the molecule is CC1=Cc2c(cccc2-n2ncc3ccccc32)[C@@H]1[Zr+2]([C@H]1C(C)=Cc2c1cccc2-n1ncc2ccccc21)=[Si](C)C.[Cl-].[Cl-]. The largest absolute Gasteiger partial charge is 1.00 e. The second-order valence-electron chi connectivity index (χ2n) is 11.9. The smallest absolute Gasteiger partial charge is 1.00 e. The molecule has 2 atom stereocenters. The summed E-state index contributed by atoms with van der Waals surface area (Å²) in [6.45, 7) is 9.96. The fourth-order valence-electron chi connectivity index (χ4n) is 7.34. The quantitative estimate of drug-likeness (QED) is 0.264. The first-order chi connectivity index (χ1) is 20.5. The van der Waals surface area contributed by atoms with Crippen molar-refractivity contribution in [2.24, 2.45) is 0 Å². The normalized spacial score (nSPS) is 16.3. The molecule has 0 radical (unpaired) electrons. The Morgan fingerprint density at radius 3 is 1.45 bits per heavy atom. The monoisotopic (exact) mass is 708 g/mol. The first-order valence-corrected chi connectivity index (χ1v) is 23.7. The maximum atomic E-state index is 4.84. The van der Waals surface area contributed by atoms with Crippen LogP contribution in [0.1, 0.15) is 43.4 Å². The van der Waals surface area contributed by atoms with Gasteiger partial charge in [-0.3, -0.25) is 0 Å². The minimum absolute atomic E-state index is 0. The van der Waals surface area contributed by atoms with Gasteiger partial charge in [0, 0.05) is 0 Å². The van der Waals surface area contributed by atoms with Crippen LogP contribution in [0, 0.1) is 0 Å². The fraction of sp³-hybridized carbons (Fsp3) is 0.167. The van der Waals surface area contributed by atoms with E-state index in [-0.39, 0.29) is 24.8 Å². The maximum Gasteiger partial charge on any atom is -1.00 e. The van der Waals surface area contributed by atoms with Crippen LogP contribution in [0.3, 0.4) is 0 Å². The van der Waals surface area contributed by atoms with Crippen molar-refractivity contribution in [1.82, 2.24) is 19.6 Å². The van der Waals surface area contributed by atoms with Gasteiger partial charge in [0.1, 0.15) is 0 Å². The average Bonchev–Trinajstić information content (AvgIpc) is 3.76. The zero-order valence-electron chi connectivity index (χ0n) is 25.1.